The van der Waals surface area contributed by atoms with Gasteiger partial charge in [-0.25, -0.2) is 26.8 Å². The molecule has 6 aromatic rings. The Morgan fingerprint density at radius 1 is 0.651 bits per heavy atom. The minimum Gasteiger partial charge on any atom is -0.490 e. The van der Waals surface area contributed by atoms with Gasteiger partial charge in [-0.15, -0.1) is 8.80 Å². The molecule has 4 heterocycles. The summed E-state index contributed by atoms with van der Waals surface area (Å²) in [6.45, 7) is 7.61. The molecule has 326 valence electrons. The number of nitrogens with two attached hydrogens (primary N) is 2. The van der Waals surface area contributed by atoms with Crippen molar-refractivity contribution in [1.29, 1.82) is 0 Å². The van der Waals surface area contributed by atoms with Crippen LogP contribution in [0.2, 0.25) is 0 Å². The number of fused-ring (bicyclic) bond motifs is 3. The van der Waals surface area contributed by atoms with Crippen molar-refractivity contribution in [3.63, 3.8) is 0 Å². The third kappa shape index (κ3) is 10.5. The maximum atomic E-state index is 13.1. The minimum absolute atomic E-state index is 0.0852. The molecule has 0 unspecified atom stereocenters. The molecule has 0 saturated carbocycles. The normalized spacial score (nSPS) is 15.0. The Bertz CT molecular complexity index is 3020. The van der Waals surface area contributed by atoms with E-state index in [1.165, 1.54) is 0 Å². The van der Waals surface area contributed by atoms with E-state index in [1.54, 1.807) is 85.3 Å². The molecule has 2 aliphatic rings. The van der Waals surface area contributed by atoms with E-state index in [0.717, 1.165) is 11.0 Å². The number of ether oxygens (including phenoxy) is 2. The van der Waals surface area contributed by atoms with Gasteiger partial charge in [0, 0.05) is 17.3 Å². The van der Waals surface area contributed by atoms with E-state index in [2.05, 4.69) is 29.4 Å². The monoisotopic (exact) mass is 891 g/mol. The fourth-order valence-electron chi connectivity index (χ4n) is 6.83. The van der Waals surface area contributed by atoms with Gasteiger partial charge < -0.3 is 31.6 Å². The fourth-order valence-corrected chi connectivity index (χ4v) is 9.01. The molecule has 0 fully saturated rings. The van der Waals surface area contributed by atoms with Gasteiger partial charge in [0.25, 0.3) is 31.9 Å². The predicted octanol–water partition coefficient (Wildman–Crippen LogP) is 4.38. The Labute approximate surface area is 364 Å². The molecule has 0 spiro atoms. The number of pyridine rings is 1. The third-order valence-electron chi connectivity index (χ3n) is 9.71. The molecule has 17 nitrogen and oxygen atoms in total. The number of sulfonamides is 2. The molecule has 0 aliphatic carbocycles. The molecule has 4 aromatic carbocycles. The van der Waals surface area contributed by atoms with E-state index >= 15 is 0 Å². The summed E-state index contributed by atoms with van der Waals surface area (Å²) in [7, 11) is -7.25. The number of hydrogen-bond acceptors (Lipinski definition) is 12. The highest BCUT2D eigenvalue weighted by Crippen LogP contribution is 2.30. The first-order valence-electron chi connectivity index (χ1n) is 19.5. The van der Waals surface area contributed by atoms with Crippen molar-refractivity contribution in [2.45, 2.75) is 50.3 Å². The van der Waals surface area contributed by atoms with Gasteiger partial charge in [-0.05, 0) is 87.4 Å². The van der Waals surface area contributed by atoms with E-state index < -0.39 is 31.1 Å². The van der Waals surface area contributed by atoms with Crippen LogP contribution in [0.15, 0.2) is 124 Å². The molecule has 2 aromatic heterocycles. The van der Waals surface area contributed by atoms with E-state index in [-0.39, 0.29) is 48.2 Å². The lowest BCUT2D eigenvalue weighted by Crippen LogP contribution is -2.48. The lowest BCUT2D eigenvalue weighted by atomic mass is 10.0. The minimum atomic E-state index is -3.64. The van der Waals surface area contributed by atoms with Crippen LogP contribution in [-0.4, -0.2) is 79.1 Å². The fraction of sp³-hybridized carbons (Fsp3) is 0.227. The number of imidazole rings is 1. The number of hydrogen-bond donors (Lipinski definition) is 4. The molecule has 0 radical (unpaired) electrons. The number of aromatic nitrogens is 3. The lowest BCUT2D eigenvalue weighted by Gasteiger charge is -2.27. The van der Waals surface area contributed by atoms with Crippen molar-refractivity contribution < 1.29 is 35.9 Å². The lowest BCUT2D eigenvalue weighted by molar-refractivity contribution is 0.0872. The summed E-state index contributed by atoms with van der Waals surface area (Å²) >= 11 is 0. The van der Waals surface area contributed by atoms with Crippen molar-refractivity contribution in [3.05, 3.63) is 149 Å². The number of carbonyl (C=O) groups is 2. The van der Waals surface area contributed by atoms with E-state index in [4.69, 9.17) is 20.9 Å². The highest BCUT2D eigenvalue weighted by Gasteiger charge is 2.29. The summed E-state index contributed by atoms with van der Waals surface area (Å²) in [5.74, 6) is 0.278. The highest BCUT2D eigenvalue weighted by molar-refractivity contribution is 7.89. The quantitative estimate of drug-likeness (QED) is 0.141. The Morgan fingerprint density at radius 2 is 1.16 bits per heavy atom. The van der Waals surface area contributed by atoms with Gasteiger partial charge in [-0.1, -0.05) is 54.6 Å². The summed E-state index contributed by atoms with van der Waals surface area (Å²) in [4.78, 5) is 34.2. The first-order valence-corrected chi connectivity index (χ1v) is 22.8. The molecular formula is C44H45N9O8S2. The van der Waals surface area contributed by atoms with Crippen LogP contribution in [0.25, 0.3) is 16.9 Å². The average molecular weight is 892 g/mol. The molecule has 0 saturated heterocycles. The average Bonchev–Trinajstić information content (AvgIpc) is 3.66. The summed E-state index contributed by atoms with van der Waals surface area (Å²) in [5, 5.41) is 5.91. The Hall–Kier alpha value is -7.12. The highest BCUT2D eigenvalue weighted by atomic mass is 32.2. The summed E-state index contributed by atoms with van der Waals surface area (Å²) in [6.07, 6.45) is 3.25. The van der Waals surface area contributed by atoms with Crippen molar-refractivity contribution in [2.24, 2.45) is 20.3 Å². The number of nitrogens with one attached hydrogen (secondary N) is 2. The largest absolute Gasteiger partial charge is 0.490 e. The summed E-state index contributed by atoms with van der Waals surface area (Å²) in [6, 6.07) is 30.1. The van der Waals surface area contributed by atoms with Gasteiger partial charge in [0.15, 0.2) is 0 Å². The standard InChI is InChI=1S/C25H24N6O4S.C19H21N3O4S/c1-25(2,14-35-20-9-5-6-17-13-36(33,34)30-23(26)22(17)20)29-24(32)16-10-11-27-21(12-16)31-15-28-18-7-3-4-8-19(18)31;1-19(2,21-18(23)13-7-4-3-5-8-13)12-26-15-10-6-9-14-11-27(24,25)22-17(20)16(14)15/h3-12,15H,13-14H2,1-2H3,(H2,26,30)(H,29,32);3-10H,11-12H2,1-2H3,(H2,20,22)(H,21,23). The molecule has 63 heavy (non-hydrogen) atoms. The van der Waals surface area contributed by atoms with Gasteiger partial charge in [0.2, 0.25) is 0 Å². The second kappa shape index (κ2) is 17.3. The molecule has 0 atom stereocenters. The third-order valence-corrected chi connectivity index (χ3v) is 12.0. The number of benzene rings is 4. The van der Waals surface area contributed by atoms with Crippen LogP contribution < -0.4 is 31.6 Å². The van der Waals surface area contributed by atoms with Gasteiger partial charge in [-0.3, -0.25) is 14.2 Å². The Balaban J connectivity index is 0.000000197. The van der Waals surface area contributed by atoms with Crippen LogP contribution in [0, 0.1) is 0 Å². The first kappa shape index (κ1) is 44.0. The van der Waals surface area contributed by atoms with Crippen molar-refractivity contribution in [3.8, 4) is 17.3 Å². The second-order valence-electron chi connectivity index (χ2n) is 16.1. The van der Waals surface area contributed by atoms with Crippen LogP contribution in [0.5, 0.6) is 11.5 Å². The van der Waals surface area contributed by atoms with Crippen LogP contribution >= 0.6 is 0 Å². The number of amides is 2. The maximum Gasteiger partial charge on any atom is 0.259 e. The second-order valence-corrected chi connectivity index (χ2v) is 19.4. The smallest absolute Gasteiger partial charge is 0.259 e. The number of amidine groups is 2. The first-order chi connectivity index (χ1) is 29.8. The predicted molar refractivity (Wildman–Crippen MR) is 239 cm³/mol. The number of rotatable bonds is 11. The molecule has 2 aliphatic heterocycles. The maximum absolute atomic E-state index is 13.1. The molecule has 2 amide bonds. The summed E-state index contributed by atoms with van der Waals surface area (Å²) < 4.78 is 68.2. The zero-order valence-corrected chi connectivity index (χ0v) is 36.4. The molecule has 19 heteroatoms. The van der Waals surface area contributed by atoms with Crippen LogP contribution in [-0.2, 0) is 31.6 Å². The van der Waals surface area contributed by atoms with Crippen LogP contribution in [0.4, 0.5) is 0 Å². The zero-order valence-electron chi connectivity index (χ0n) is 34.8. The van der Waals surface area contributed by atoms with Gasteiger partial charge in [0.1, 0.15) is 48.5 Å². The van der Waals surface area contributed by atoms with Crippen LogP contribution in [0.3, 0.4) is 0 Å². The van der Waals surface area contributed by atoms with Gasteiger partial charge in [-0.2, -0.15) is 0 Å². The van der Waals surface area contributed by atoms with Crippen molar-refractivity contribution in [1.82, 2.24) is 25.2 Å². The SMILES string of the molecule is CC(C)(COc1cccc2c1C(N)=NS(=O)(=O)C2)NC(=O)c1ccccc1.CC(C)(COc1cccc2c1C(N)=NS(=O)(=O)C2)NC(=O)c1ccnc(-n2cnc3ccccc32)c1. The van der Waals surface area contributed by atoms with Crippen molar-refractivity contribution in [2.75, 3.05) is 13.2 Å². The molecular weight excluding hydrogens is 847 g/mol. The zero-order chi connectivity index (χ0) is 45.2. The molecule has 6 N–H and O–H groups in total. The molecule has 8 rings (SSSR count). The van der Waals surface area contributed by atoms with E-state index in [1.807, 2.05) is 62.6 Å². The van der Waals surface area contributed by atoms with Crippen molar-refractivity contribution >= 4 is 54.6 Å². The van der Waals surface area contributed by atoms with Gasteiger partial charge in [0.05, 0.1) is 44.7 Å². The number of carbonyl (C=O) groups excluding carboxylic acids is 2. The Morgan fingerprint density at radius 3 is 1.71 bits per heavy atom. The Kier molecular flexibility index (Phi) is 12.1. The number of nitrogens with zero attached hydrogens (tertiary/aromatic N) is 5. The van der Waals surface area contributed by atoms with E-state index in [0.29, 0.717) is 50.7 Å². The number of para-hydroxylation sites is 2. The molecule has 0 bridgehead atoms. The van der Waals surface area contributed by atoms with Gasteiger partial charge >= 0.3 is 0 Å². The topological polar surface area (TPSA) is 252 Å². The van der Waals surface area contributed by atoms with E-state index in [9.17, 15) is 26.4 Å². The summed E-state index contributed by atoms with van der Waals surface area (Å²) in [5.41, 5.74) is 15.1. The van der Waals surface area contributed by atoms with Crippen LogP contribution in [0.1, 0.15) is 70.7 Å².